The molecule has 2 unspecified atom stereocenters. The second-order valence-electron chi connectivity index (χ2n) is 3.12. The molecule has 0 aromatic heterocycles. The fraction of sp³-hybridized carbons (Fsp3) is 0.875. The van der Waals surface area contributed by atoms with E-state index in [0.29, 0.717) is 17.1 Å². The fourth-order valence-electron chi connectivity index (χ4n) is 0.869. The number of hydrogen-bond acceptors (Lipinski definition) is 3. The largest absolute Gasteiger partial charge is 0.417 e. The molecule has 4 heteroatoms. The van der Waals surface area contributed by atoms with Crippen molar-refractivity contribution in [3.63, 3.8) is 0 Å². The quantitative estimate of drug-likeness (QED) is 0.491. The molecule has 0 rings (SSSR count). The van der Waals surface area contributed by atoms with E-state index < -0.39 is 11.9 Å². The first-order valence-corrected chi connectivity index (χ1v) is 4.96. The van der Waals surface area contributed by atoms with Gasteiger partial charge in [-0.2, -0.15) is 0 Å². The van der Waals surface area contributed by atoms with Crippen molar-refractivity contribution in [1.82, 2.24) is 0 Å². The van der Waals surface area contributed by atoms with E-state index in [9.17, 15) is 5.11 Å². The average Bonchev–Trinajstić information content (AvgIpc) is 2.03. The van der Waals surface area contributed by atoms with Crippen LogP contribution in [0.4, 0.5) is 0 Å². The second kappa shape index (κ2) is 4.96. The van der Waals surface area contributed by atoms with Gasteiger partial charge in [0.15, 0.2) is 6.29 Å². The third kappa shape index (κ3) is 2.55. The zero-order valence-electron chi connectivity index (χ0n) is 8.55. The molecule has 0 fully saturated rings. The average molecular weight is 191 g/mol. The number of aliphatic hydroxyl groups excluding tert-OH is 1. The van der Waals surface area contributed by atoms with Gasteiger partial charge in [0.2, 0.25) is 0 Å². The van der Waals surface area contributed by atoms with Gasteiger partial charge in [0, 0.05) is 12.5 Å². The van der Waals surface area contributed by atoms with Gasteiger partial charge in [0.1, 0.15) is 16.1 Å². The number of hydrogen-bond donors (Lipinski definition) is 1. The molecule has 0 aromatic carbocycles. The third-order valence-electron chi connectivity index (χ3n) is 2.21. The Morgan fingerprint density at radius 2 is 2.08 bits per heavy atom. The Kier molecular flexibility index (Phi) is 5.00. The van der Waals surface area contributed by atoms with Gasteiger partial charge in [-0.3, -0.25) is 0 Å². The van der Waals surface area contributed by atoms with Gasteiger partial charge < -0.3 is 14.3 Å². The van der Waals surface area contributed by atoms with Crippen LogP contribution in [0.2, 0.25) is 0 Å². The van der Waals surface area contributed by atoms with E-state index in [4.69, 9.17) is 9.16 Å². The molecule has 0 heterocycles. The first-order valence-electron chi connectivity index (χ1n) is 4.14. The van der Waals surface area contributed by atoms with Crippen molar-refractivity contribution in [1.29, 1.82) is 0 Å². The molecule has 2 atom stereocenters. The van der Waals surface area contributed by atoms with E-state index in [1.165, 1.54) is 0 Å². The molecule has 0 spiro atoms. The van der Waals surface area contributed by atoms with E-state index >= 15 is 0 Å². The number of ether oxygens (including phenoxy) is 1. The molecule has 1 radical (unpaired) electrons. The molecule has 3 nitrogen and oxygen atoms in total. The van der Waals surface area contributed by atoms with Crippen molar-refractivity contribution < 1.29 is 14.3 Å². The molecular weight excluding hydrogens is 172 g/mol. The molecule has 0 aliphatic carbocycles. The van der Waals surface area contributed by atoms with Gasteiger partial charge in [-0.15, -0.1) is 0 Å². The molecule has 0 aliphatic rings. The summed E-state index contributed by atoms with van der Waals surface area (Å²) in [6, 6.07) is 0. The molecule has 0 saturated carbocycles. The smallest absolute Gasteiger partial charge is 0.182 e. The molecular formula is C8H19O3Si. The van der Waals surface area contributed by atoms with Gasteiger partial charge in [-0.05, 0) is 13.8 Å². The van der Waals surface area contributed by atoms with Crippen LogP contribution < -0.4 is 0 Å². The van der Waals surface area contributed by atoms with Crippen LogP contribution in [0.25, 0.3) is 0 Å². The zero-order valence-corrected chi connectivity index (χ0v) is 10.5. The van der Waals surface area contributed by atoms with Gasteiger partial charge in [0.25, 0.3) is 0 Å². The van der Waals surface area contributed by atoms with E-state index in [1.807, 2.05) is 27.7 Å². The lowest BCUT2D eigenvalue weighted by molar-refractivity contribution is -0.185. The van der Waals surface area contributed by atoms with Crippen molar-refractivity contribution in [2.24, 2.45) is 0 Å². The summed E-state index contributed by atoms with van der Waals surface area (Å²) >= 11 is 0. The Hall–Kier alpha value is 0.0969. The highest BCUT2D eigenvalue weighted by Crippen LogP contribution is 2.26. The normalized spacial score (nSPS) is 19.5. The van der Waals surface area contributed by atoms with Crippen LogP contribution >= 0.6 is 0 Å². The number of rotatable bonds is 5. The van der Waals surface area contributed by atoms with Crippen LogP contribution in [0.1, 0.15) is 27.7 Å². The first-order chi connectivity index (χ1) is 5.49. The second-order valence-corrected chi connectivity index (χ2v) is 3.53. The van der Waals surface area contributed by atoms with Crippen molar-refractivity contribution in [3.05, 3.63) is 5.92 Å². The highest BCUT2D eigenvalue weighted by Gasteiger charge is 2.36. The van der Waals surface area contributed by atoms with Gasteiger partial charge in [-0.25, -0.2) is 0 Å². The SMILES string of the molecule is CCOC(O)C(C)(O[SiH3])[C](C)C. The molecule has 0 aliphatic heterocycles. The predicted molar refractivity (Wildman–Crippen MR) is 51.7 cm³/mol. The molecule has 0 aromatic rings. The Morgan fingerprint density at radius 1 is 1.58 bits per heavy atom. The van der Waals surface area contributed by atoms with Crippen LogP contribution in [0, 0.1) is 5.92 Å². The lowest BCUT2D eigenvalue weighted by Crippen LogP contribution is -2.46. The van der Waals surface area contributed by atoms with Crippen LogP contribution in [-0.2, 0) is 9.16 Å². The molecule has 0 amide bonds. The monoisotopic (exact) mass is 191 g/mol. The van der Waals surface area contributed by atoms with E-state index in [2.05, 4.69) is 0 Å². The Morgan fingerprint density at radius 3 is 2.33 bits per heavy atom. The molecule has 12 heavy (non-hydrogen) atoms. The maximum Gasteiger partial charge on any atom is 0.182 e. The fourth-order valence-corrected chi connectivity index (χ4v) is 1.48. The highest BCUT2D eigenvalue weighted by atomic mass is 28.2. The lowest BCUT2D eigenvalue weighted by atomic mass is 9.92. The summed E-state index contributed by atoms with van der Waals surface area (Å²) in [4.78, 5) is 0. The minimum atomic E-state index is -0.856. The number of aliphatic hydroxyl groups is 1. The van der Waals surface area contributed by atoms with Crippen molar-refractivity contribution >= 4 is 10.5 Å². The minimum Gasteiger partial charge on any atom is -0.417 e. The Balaban J connectivity index is 4.29. The summed E-state index contributed by atoms with van der Waals surface area (Å²) in [7, 11) is 0.589. The molecule has 1 N–H and O–H groups in total. The third-order valence-corrected chi connectivity index (χ3v) is 3.06. The van der Waals surface area contributed by atoms with Crippen LogP contribution in [0.5, 0.6) is 0 Å². The van der Waals surface area contributed by atoms with E-state index in [-0.39, 0.29) is 0 Å². The van der Waals surface area contributed by atoms with Gasteiger partial charge in [0.05, 0.1) is 0 Å². The maximum absolute atomic E-state index is 9.59. The Bertz CT molecular complexity index is 129. The van der Waals surface area contributed by atoms with Crippen molar-refractivity contribution in [2.75, 3.05) is 6.61 Å². The topological polar surface area (TPSA) is 38.7 Å². The Labute approximate surface area is 77.6 Å². The van der Waals surface area contributed by atoms with Crippen molar-refractivity contribution in [3.8, 4) is 0 Å². The van der Waals surface area contributed by atoms with Gasteiger partial charge in [-0.1, -0.05) is 13.8 Å². The predicted octanol–water partition coefficient (Wildman–Crippen LogP) is 0.0113. The van der Waals surface area contributed by atoms with Crippen LogP contribution in [-0.4, -0.2) is 34.1 Å². The standard InChI is InChI=1S/C8H19O3Si/c1-5-10-7(9)8(4,11-12)6(2)3/h7,9H,5H2,1-4,12H3. The minimum absolute atomic E-state index is 0.495. The summed E-state index contributed by atoms with van der Waals surface area (Å²) < 4.78 is 10.4. The van der Waals surface area contributed by atoms with Gasteiger partial charge >= 0.3 is 0 Å². The summed E-state index contributed by atoms with van der Waals surface area (Å²) in [5, 5.41) is 9.59. The van der Waals surface area contributed by atoms with E-state index in [1.54, 1.807) is 0 Å². The van der Waals surface area contributed by atoms with Crippen molar-refractivity contribution in [2.45, 2.75) is 39.6 Å². The molecule has 73 valence electrons. The molecule has 0 bridgehead atoms. The van der Waals surface area contributed by atoms with Crippen LogP contribution in [0.15, 0.2) is 0 Å². The van der Waals surface area contributed by atoms with E-state index in [0.717, 1.165) is 5.92 Å². The maximum atomic E-state index is 9.59. The summed E-state index contributed by atoms with van der Waals surface area (Å²) in [6.07, 6.45) is -0.856. The first kappa shape index (κ1) is 12.1. The lowest BCUT2D eigenvalue weighted by Gasteiger charge is -2.36. The summed E-state index contributed by atoms with van der Waals surface area (Å²) in [5.74, 6) is 1.03. The van der Waals surface area contributed by atoms with Crippen LogP contribution in [0.3, 0.4) is 0 Å². The molecule has 0 saturated heterocycles. The zero-order chi connectivity index (χ0) is 9.78. The summed E-state index contributed by atoms with van der Waals surface area (Å²) in [5.41, 5.74) is -0.637. The highest BCUT2D eigenvalue weighted by molar-refractivity contribution is 5.98. The summed E-state index contributed by atoms with van der Waals surface area (Å²) in [6.45, 7) is 8.05.